The van der Waals surface area contributed by atoms with E-state index in [2.05, 4.69) is 12.8 Å². The molecular formula is C12H20. The van der Waals surface area contributed by atoms with E-state index in [1.54, 1.807) is 0 Å². The normalized spacial score (nSPS) is 32.7. The Balaban J connectivity index is 2.33. The predicted octanol–water partition coefficient (Wildman–Crippen LogP) is 3.62. The van der Waals surface area contributed by atoms with Crippen LogP contribution in [0.2, 0.25) is 0 Å². The Morgan fingerprint density at radius 3 is 2.33 bits per heavy atom. The van der Waals surface area contributed by atoms with E-state index >= 15 is 0 Å². The first kappa shape index (κ1) is 9.65. The quantitative estimate of drug-likeness (QED) is 0.480. The van der Waals surface area contributed by atoms with Crippen molar-refractivity contribution in [2.24, 2.45) is 11.8 Å². The highest BCUT2D eigenvalue weighted by molar-refractivity contribution is 4.92. The molecule has 1 fully saturated rings. The van der Waals surface area contributed by atoms with Gasteiger partial charge in [0.25, 0.3) is 0 Å². The summed E-state index contributed by atoms with van der Waals surface area (Å²) < 4.78 is 0. The van der Waals surface area contributed by atoms with E-state index in [0.717, 1.165) is 5.92 Å². The van der Waals surface area contributed by atoms with Gasteiger partial charge < -0.3 is 0 Å². The molecule has 0 heteroatoms. The van der Waals surface area contributed by atoms with Crippen LogP contribution in [-0.2, 0) is 0 Å². The molecule has 0 bridgehead atoms. The predicted molar refractivity (Wildman–Crippen MR) is 53.8 cm³/mol. The van der Waals surface area contributed by atoms with E-state index in [4.69, 9.17) is 6.42 Å². The van der Waals surface area contributed by atoms with Gasteiger partial charge in [-0.25, -0.2) is 0 Å². The van der Waals surface area contributed by atoms with Crippen molar-refractivity contribution in [1.29, 1.82) is 0 Å². The Hall–Kier alpha value is -0.440. The molecule has 0 aliphatic heterocycles. The van der Waals surface area contributed by atoms with Crippen LogP contribution < -0.4 is 0 Å². The third-order valence-electron chi connectivity index (χ3n) is 2.98. The van der Waals surface area contributed by atoms with Gasteiger partial charge in [-0.1, -0.05) is 39.0 Å². The van der Waals surface area contributed by atoms with E-state index in [1.807, 2.05) is 0 Å². The summed E-state index contributed by atoms with van der Waals surface area (Å²) in [6, 6.07) is 0. The summed E-state index contributed by atoms with van der Waals surface area (Å²) in [5.41, 5.74) is 0. The van der Waals surface area contributed by atoms with Crippen molar-refractivity contribution in [1.82, 2.24) is 0 Å². The zero-order valence-corrected chi connectivity index (χ0v) is 8.18. The van der Waals surface area contributed by atoms with Crippen molar-refractivity contribution >= 4 is 0 Å². The van der Waals surface area contributed by atoms with Gasteiger partial charge in [-0.3, -0.25) is 0 Å². The van der Waals surface area contributed by atoms with Crippen LogP contribution in [0.25, 0.3) is 0 Å². The number of hydrogen-bond donors (Lipinski definition) is 0. The number of terminal acetylenes is 1. The van der Waals surface area contributed by atoms with E-state index in [-0.39, 0.29) is 0 Å². The SMILES string of the molecule is C#CC1CCCCC(C)CCC1. The second-order valence-corrected chi connectivity index (χ2v) is 4.18. The highest BCUT2D eigenvalue weighted by Gasteiger charge is 2.10. The Bertz CT molecular complexity index is 152. The molecule has 1 aliphatic carbocycles. The van der Waals surface area contributed by atoms with E-state index < -0.39 is 0 Å². The minimum absolute atomic E-state index is 0.579. The molecule has 0 radical (unpaired) electrons. The van der Waals surface area contributed by atoms with Gasteiger partial charge in [0.15, 0.2) is 0 Å². The first-order valence-corrected chi connectivity index (χ1v) is 5.29. The maximum Gasteiger partial charge on any atom is 0.0200 e. The van der Waals surface area contributed by atoms with Crippen LogP contribution in [0, 0.1) is 24.2 Å². The highest BCUT2D eigenvalue weighted by Crippen LogP contribution is 2.24. The van der Waals surface area contributed by atoms with Crippen molar-refractivity contribution in [2.45, 2.75) is 51.9 Å². The molecule has 0 aromatic heterocycles. The average molecular weight is 164 g/mol. The van der Waals surface area contributed by atoms with Gasteiger partial charge in [0.1, 0.15) is 0 Å². The van der Waals surface area contributed by atoms with Crippen molar-refractivity contribution in [3.05, 3.63) is 0 Å². The smallest absolute Gasteiger partial charge is 0.0200 e. The summed E-state index contributed by atoms with van der Waals surface area (Å²) in [6.07, 6.45) is 14.9. The molecule has 2 unspecified atom stereocenters. The van der Waals surface area contributed by atoms with Gasteiger partial charge in [-0.15, -0.1) is 12.3 Å². The topological polar surface area (TPSA) is 0 Å². The highest BCUT2D eigenvalue weighted by atomic mass is 14.1. The third-order valence-corrected chi connectivity index (χ3v) is 2.98. The molecule has 0 N–H and O–H groups in total. The first-order chi connectivity index (χ1) is 5.83. The van der Waals surface area contributed by atoms with E-state index in [0.29, 0.717) is 5.92 Å². The maximum atomic E-state index is 5.46. The van der Waals surface area contributed by atoms with Gasteiger partial charge in [0, 0.05) is 5.92 Å². The van der Waals surface area contributed by atoms with Gasteiger partial charge in [-0.05, 0) is 18.8 Å². The minimum Gasteiger partial charge on any atom is -0.120 e. The minimum atomic E-state index is 0.579. The fraction of sp³-hybridized carbons (Fsp3) is 0.833. The van der Waals surface area contributed by atoms with Crippen LogP contribution in [0.15, 0.2) is 0 Å². The largest absolute Gasteiger partial charge is 0.120 e. The van der Waals surface area contributed by atoms with Crippen LogP contribution in [-0.4, -0.2) is 0 Å². The molecule has 12 heavy (non-hydrogen) atoms. The lowest BCUT2D eigenvalue weighted by Crippen LogP contribution is -1.96. The number of rotatable bonds is 0. The fourth-order valence-corrected chi connectivity index (χ4v) is 2.05. The molecule has 1 rings (SSSR count). The molecular weight excluding hydrogens is 144 g/mol. The van der Waals surface area contributed by atoms with Crippen molar-refractivity contribution in [3.8, 4) is 12.3 Å². The van der Waals surface area contributed by atoms with Crippen LogP contribution >= 0.6 is 0 Å². The van der Waals surface area contributed by atoms with Gasteiger partial charge in [0.2, 0.25) is 0 Å². The summed E-state index contributed by atoms with van der Waals surface area (Å²) in [5, 5.41) is 0. The van der Waals surface area contributed by atoms with E-state index in [1.165, 1.54) is 44.9 Å². The van der Waals surface area contributed by atoms with Gasteiger partial charge in [0.05, 0.1) is 0 Å². The fourth-order valence-electron chi connectivity index (χ4n) is 2.05. The summed E-state index contributed by atoms with van der Waals surface area (Å²) in [4.78, 5) is 0. The van der Waals surface area contributed by atoms with Crippen LogP contribution in [0.1, 0.15) is 51.9 Å². The monoisotopic (exact) mass is 164 g/mol. The lowest BCUT2D eigenvalue weighted by Gasteiger charge is -2.08. The summed E-state index contributed by atoms with van der Waals surface area (Å²) in [6.45, 7) is 2.37. The zero-order valence-electron chi connectivity index (χ0n) is 8.18. The average Bonchev–Trinajstić information content (AvgIpc) is 2.17. The van der Waals surface area contributed by atoms with Crippen molar-refractivity contribution in [3.63, 3.8) is 0 Å². The molecule has 0 aromatic rings. The number of hydrogen-bond acceptors (Lipinski definition) is 0. The second kappa shape index (κ2) is 5.25. The zero-order chi connectivity index (χ0) is 8.81. The molecule has 0 spiro atoms. The van der Waals surface area contributed by atoms with Gasteiger partial charge in [-0.2, -0.15) is 0 Å². The van der Waals surface area contributed by atoms with Crippen molar-refractivity contribution < 1.29 is 0 Å². The molecule has 0 saturated heterocycles. The lowest BCUT2D eigenvalue weighted by atomic mass is 9.97. The Labute approximate surface area is 76.7 Å². The summed E-state index contributed by atoms with van der Waals surface area (Å²) in [7, 11) is 0. The maximum absolute atomic E-state index is 5.46. The molecule has 0 heterocycles. The second-order valence-electron chi connectivity index (χ2n) is 4.18. The van der Waals surface area contributed by atoms with Crippen LogP contribution in [0.3, 0.4) is 0 Å². The Morgan fingerprint density at radius 1 is 1.00 bits per heavy atom. The standard InChI is InChI=1S/C12H20/c1-3-12-9-5-4-7-11(2)8-6-10-12/h1,11-12H,4-10H2,2H3. The summed E-state index contributed by atoms with van der Waals surface area (Å²) in [5.74, 6) is 4.43. The van der Waals surface area contributed by atoms with Crippen LogP contribution in [0.5, 0.6) is 0 Å². The molecule has 0 nitrogen and oxygen atoms in total. The Kier molecular flexibility index (Phi) is 4.22. The molecule has 0 amide bonds. The molecule has 2 atom stereocenters. The molecule has 1 aliphatic rings. The molecule has 68 valence electrons. The lowest BCUT2D eigenvalue weighted by molar-refractivity contribution is 0.461. The van der Waals surface area contributed by atoms with Crippen molar-refractivity contribution in [2.75, 3.05) is 0 Å². The van der Waals surface area contributed by atoms with Gasteiger partial charge >= 0.3 is 0 Å². The Morgan fingerprint density at radius 2 is 1.58 bits per heavy atom. The van der Waals surface area contributed by atoms with E-state index in [9.17, 15) is 0 Å². The molecule has 1 saturated carbocycles. The first-order valence-electron chi connectivity index (χ1n) is 5.29. The van der Waals surface area contributed by atoms with Crippen LogP contribution in [0.4, 0.5) is 0 Å². The third kappa shape index (κ3) is 3.30. The summed E-state index contributed by atoms with van der Waals surface area (Å²) >= 11 is 0. The molecule has 0 aromatic carbocycles.